The fraction of sp³-hybridized carbons (Fsp3) is 0.562. The molecule has 0 aliphatic heterocycles. The van der Waals surface area contributed by atoms with E-state index in [0.29, 0.717) is 18.1 Å². The molecule has 25 heavy (non-hydrogen) atoms. The SMILES string of the molecule is CCNC(=NCc1cc(C)ccc1OC(F)F)NCCS(=O)(=O)CC. The summed E-state index contributed by atoms with van der Waals surface area (Å²) in [5.41, 5.74) is 1.43. The maximum atomic E-state index is 12.5. The molecule has 0 atom stereocenters. The molecule has 9 heteroatoms. The average Bonchev–Trinajstić information content (AvgIpc) is 2.54. The number of hydrogen-bond acceptors (Lipinski definition) is 4. The van der Waals surface area contributed by atoms with E-state index in [2.05, 4.69) is 20.4 Å². The minimum atomic E-state index is -3.07. The van der Waals surface area contributed by atoms with Gasteiger partial charge < -0.3 is 15.4 Å². The van der Waals surface area contributed by atoms with E-state index in [0.717, 1.165) is 5.56 Å². The van der Waals surface area contributed by atoms with Crippen LogP contribution in [0.2, 0.25) is 0 Å². The molecule has 6 nitrogen and oxygen atoms in total. The number of sulfone groups is 1. The summed E-state index contributed by atoms with van der Waals surface area (Å²) in [6.45, 7) is 3.33. The van der Waals surface area contributed by atoms with Gasteiger partial charge in [-0.05, 0) is 19.9 Å². The quantitative estimate of drug-likeness (QED) is 0.509. The van der Waals surface area contributed by atoms with E-state index in [1.807, 2.05) is 13.8 Å². The molecule has 0 bridgehead atoms. The van der Waals surface area contributed by atoms with Gasteiger partial charge in [-0.15, -0.1) is 0 Å². The molecule has 0 amide bonds. The molecule has 0 unspecified atom stereocenters. The number of hydrogen-bond donors (Lipinski definition) is 2. The molecule has 0 saturated heterocycles. The minimum Gasteiger partial charge on any atom is -0.434 e. The largest absolute Gasteiger partial charge is 0.434 e. The predicted octanol–water partition coefficient (Wildman–Crippen LogP) is 2.09. The van der Waals surface area contributed by atoms with E-state index in [1.165, 1.54) is 6.07 Å². The Morgan fingerprint density at radius 1 is 1.28 bits per heavy atom. The molecule has 1 rings (SSSR count). The number of aryl methyl sites for hydroxylation is 1. The van der Waals surface area contributed by atoms with Crippen LogP contribution in [0.25, 0.3) is 0 Å². The van der Waals surface area contributed by atoms with E-state index in [1.54, 1.807) is 19.1 Å². The smallest absolute Gasteiger partial charge is 0.387 e. The van der Waals surface area contributed by atoms with E-state index >= 15 is 0 Å². The van der Waals surface area contributed by atoms with Crippen LogP contribution in [0, 0.1) is 6.92 Å². The van der Waals surface area contributed by atoms with Crippen molar-refractivity contribution in [2.75, 3.05) is 24.6 Å². The zero-order chi connectivity index (χ0) is 18.9. The van der Waals surface area contributed by atoms with Gasteiger partial charge in [-0.1, -0.05) is 24.6 Å². The lowest BCUT2D eigenvalue weighted by Crippen LogP contribution is -2.39. The summed E-state index contributed by atoms with van der Waals surface area (Å²) < 4.78 is 52.5. The lowest BCUT2D eigenvalue weighted by atomic mass is 10.1. The number of aliphatic imine (C=N–C) groups is 1. The van der Waals surface area contributed by atoms with Gasteiger partial charge in [0.2, 0.25) is 0 Å². The summed E-state index contributed by atoms with van der Waals surface area (Å²) in [6.07, 6.45) is 0. The lowest BCUT2D eigenvalue weighted by Gasteiger charge is -2.13. The molecular weight excluding hydrogens is 352 g/mol. The van der Waals surface area contributed by atoms with Crippen LogP contribution in [0.1, 0.15) is 25.0 Å². The lowest BCUT2D eigenvalue weighted by molar-refractivity contribution is -0.0504. The van der Waals surface area contributed by atoms with Crippen molar-refractivity contribution in [2.45, 2.75) is 33.9 Å². The van der Waals surface area contributed by atoms with Gasteiger partial charge in [-0.25, -0.2) is 13.4 Å². The highest BCUT2D eigenvalue weighted by atomic mass is 32.2. The number of rotatable bonds is 9. The summed E-state index contributed by atoms with van der Waals surface area (Å²) in [7, 11) is -3.07. The van der Waals surface area contributed by atoms with Gasteiger partial charge in [-0.3, -0.25) is 0 Å². The van der Waals surface area contributed by atoms with Crippen LogP contribution in [-0.4, -0.2) is 45.6 Å². The molecule has 0 aliphatic carbocycles. The number of nitrogens with one attached hydrogen (secondary N) is 2. The Bertz CT molecular complexity index is 679. The molecule has 0 heterocycles. The van der Waals surface area contributed by atoms with Crippen molar-refractivity contribution in [3.8, 4) is 5.75 Å². The second-order valence-corrected chi connectivity index (χ2v) is 7.82. The number of guanidine groups is 1. The van der Waals surface area contributed by atoms with Crippen molar-refractivity contribution in [1.29, 1.82) is 0 Å². The Kier molecular flexibility index (Phi) is 8.60. The molecule has 1 aromatic carbocycles. The number of nitrogens with zero attached hydrogens (tertiary/aromatic N) is 1. The fourth-order valence-electron chi connectivity index (χ4n) is 2.02. The summed E-state index contributed by atoms with van der Waals surface area (Å²) in [5, 5.41) is 5.91. The van der Waals surface area contributed by atoms with Crippen molar-refractivity contribution in [3.05, 3.63) is 29.3 Å². The Hall–Kier alpha value is -1.90. The zero-order valence-corrected chi connectivity index (χ0v) is 15.5. The fourth-order valence-corrected chi connectivity index (χ4v) is 2.72. The third-order valence-corrected chi connectivity index (χ3v) is 5.03. The number of ether oxygens (including phenoxy) is 1. The van der Waals surface area contributed by atoms with Gasteiger partial charge in [0.15, 0.2) is 15.8 Å². The Morgan fingerprint density at radius 2 is 2.00 bits per heavy atom. The molecule has 2 N–H and O–H groups in total. The maximum Gasteiger partial charge on any atom is 0.387 e. The van der Waals surface area contributed by atoms with E-state index in [9.17, 15) is 17.2 Å². The summed E-state index contributed by atoms with van der Waals surface area (Å²) in [4.78, 5) is 4.31. The molecule has 0 fully saturated rings. The van der Waals surface area contributed by atoms with Crippen LogP contribution in [0.5, 0.6) is 5.75 Å². The van der Waals surface area contributed by atoms with Gasteiger partial charge >= 0.3 is 6.61 Å². The van der Waals surface area contributed by atoms with Crippen LogP contribution in [-0.2, 0) is 16.4 Å². The molecular formula is C16H25F2N3O3S. The van der Waals surface area contributed by atoms with Crippen LogP contribution < -0.4 is 15.4 Å². The van der Waals surface area contributed by atoms with E-state index in [-0.39, 0.29) is 30.3 Å². The molecule has 0 aromatic heterocycles. The van der Waals surface area contributed by atoms with Crippen LogP contribution >= 0.6 is 0 Å². The maximum absolute atomic E-state index is 12.5. The van der Waals surface area contributed by atoms with Gasteiger partial charge in [0, 0.05) is 24.4 Å². The molecule has 0 aliphatic rings. The topological polar surface area (TPSA) is 79.8 Å². The summed E-state index contributed by atoms with van der Waals surface area (Å²) >= 11 is 0. The van der Waals surface area contributed by atoms with Crippen molar-refractivity contribution < 1.29 is 21.9 Å². The second kappa shape index (κ2) is 10.2. The monoisotopic (exact) mass is 377 g/mol. The Morgan fingerprint density at radius 3 is 2.60 bits per heavy atom. The van der Waals surface area contributed by atoms with Gasteiger partial charge in [0.05, 0.1) is 12.3 Å². The normalized spacial score (nSPS) is 12.3. The molecule has 142 valence electrons. The van der Waals surface area contributed by atoms with E-state index in [4.69, 9.17) is 0 Å². The van der Waals surface area contributed by atoms with Crippen LogP contribution in [0.3, 0.4) is 0 Å². The first-order valence-corrected chi connectivity index (χ1v) is 9.86. The molecule has 1 aromatic rings. The number of alkyl halides is 2. The third-order valence-electron chi connectivity index (χ3n) is 3.33. The Labute approximate surface area is 147 Å². The first-order valence-electron chi connectivity index (χ1n) is 8.04. The number of benzene rings is 1. The standard InChI is InChI=1S/C16H25F2N3O3S/c1-4-19-16(20-8-9-25(22,23)5-2)21-11-13-10-12(3)6-7-14(13)24-15(17)18/h6-7,10,15H,4-5,8-9,11H2,1-3H3,(H2,19,20,21). The first-order chi connectivity index (χ1) is 11.8. The molecule has 0 spiro atoms. The van der Waals surface area contributed by atoms with Crippen molar-refractivity contribution in [1.82, 2.24) is 10.6 Å². The van der Waals surface area contributed by atoms with Crippen molar-refractivity contribution >= 4 is 15.8 Å². The van der Waals surface area contributed by atoms with Crippen molar-refractivity contribution in [3.63, 3.8) is 0 Å². The van der Waals surface area contributed by atoms with Crippen LogP contribution in [0.15, 0.2) is 23.2 Å². The third kappa shape index (κ3) is 8.15. The van der Waals surface area contributed by atoms with Crippen LogP contribution in [0.4, 0.5) is 8.78 Å². The van der Waals surface area contributed by atoms with Gasteiger partial charge in [0.25, 0.3) is 0 Å². The zero-order valence-electron chi connectivity index (χ0n) is 14.7. The van der Waals surface area contributed by atoms with Crippen molar-refractivity contribution in [2.24, 2.45) is 4.99 Å². The molecule has 0 saturated carbocycles. The highest BCUT2D eigenvalue weighted by molar-refractivity contribution is 7.91. The van der Waals surface area contributed by atoms with E-state index < -0.39 is 16.4 Å². The number of halogens is 2. The molecule has 0 radical (unpaired) electrons. The van der Waals surface area contributed by atoms with Gasteiger partial charge in [0.1, 0.15) is 5.75 Å². The Balaban J connectivity index is 2.81. The van der Waals surface area contributed by atoms with Gasteiger partial charge in [-0.2, -0.15) is 8.78 Å². The highest BCUT2D eigenvalue weighted by Gasteiger charge is 2.11. The average molecular weight is 377 g/mol. The first kappa shape index (κ1) is 21.1. The highest BCUT2D eigenvalue weighted by Crippen LogP contribution is 2.22. The second-order valence-electron chi connectivity index (χ2n) is 5.35. The summed E-state index contributed by atoms with van der Waals surface area (Å²) in [5.74, 6) is 0.574. The predicted molar refractivity (Wildman–Crippen MR) is 95.0 cm³/mol. The summed E-state index contributed by atoms with van der Waals surface area (Å²) in [6, 6.07) is 4.90. The minimum absolute atomic E-state index is 0.00188.